The van der Waals surface area contributed by atoms with Gasteiger partial charge in [0.25, 0.3) is 0 Å². The van der Waals surface area contributed by atoms with E-state index >= 15 is 0 Å². The first-order valence-electron chi connectivity index (χ1n) is 5.09. The van der Waals surface area contributed by atoms with Gasteiger partial charge in [0.15, 0.2) is 0 Å². The number of rotatable bonds is 2. The number of anilines is 1. The van der Waals surface area contributed by atoms with Gasteiger partial charge in [0.05, 0.1) is 0 Å². The molecule has 1 N–H and O–H groups in total. The maximum Gasteiger partial charge on any atom is 0.142 e. The van der Waals surface area contributed by atoms with E-state index in [1.165, 1.54) is 0 Å². The van der Waals surface area contributed by atoms with Gasteiger partial charge in [0.1, 0.15) is 11.8 Å². The quantitative estimate of drug-likeness (QED) is 0.779. The second kappa shape index (κ2) is 4.28. The van der Waals surface area contributed by atoms with Gasteiger partial charge < -0.3 is 10.2 Å². The molecule has 1 aliphatic heterocycles. The van der Waals surface area contributed by atoms with Gasteiger partial charge >= 0.3 is 0 Å². The lowest BCUT2D eigenvalue weighted by molar-refractivity contribution is 0.414. The van der Waals surface area contributed by atoms with Crippen LogP contribution in [0.2, 0.25) is 0 Å². The first-order valence-corrected chi connectivity index (χ1v) is 5.09. The zero-order valence-corrected chi connectivity index (χ0v) is 8.77. The average Bonchev–Trinajstić information content (AvgIpc) is 2.64. The highest BCUT2D eigenvalue weighted by Gasteiger charge is 2.18. The monoisotopic (exact) mass is 202 g/mol. The highest BCUT2D eigenvalue weighted by Crippen LogP contribution is 2.14. The maximum absolute atomic E-state index is 8.72. The van der Waals surface area contributed by atoms with Gasteiger partial charge in [-0.3, -0.25) is 0 Å². The summed E-state index contributed by atoms with van der Waals surface area (Å²) in [5, 5.41) is 12.1. The van der Waals surface area contributed by atoms with Crippen LogP contribution < -0.4 is 5.32 Å². The molecule has 0 bridgehead atoms. The summed E-state index contributed by atoms with van der Waals surface area (Å²) in [5.74, 6) is 0. The topological polar surface area (TPSA) is 52.0 Å². The van der Waals surface area contributed by atoms with Gasteiger partial charge in [0, 0.05) is 24.5 Å². The van der Waals surface area contributed by atoms with E-state index in [1.54, 1.807) is 12.3 Å². The van der Waals surface area contributed by atoms with Crippen molar-refractivity contribution in [1.29, 1.82) is 5.26 Å². The van der Waals surface area contributed by atoms with Crippen LogP contribution >= 0.6 is 0 Å². The maximum atomic E-state index is 8.72. The zero-order valence-electron chi connectivity index (χ0n) is 8.77. The third kappa shape index (κ3) is 2.45. The van der Waals surface area contributed by atoms with Crippen molar-refractivity contribution in [2.45, 2.75) is 12.5 Å². The van der Waals surface area contributed by atoms with E-state index < -0.39 is 0 Å². The Bertz CT molecular complexity index is 382. The molecule has 0 aromatic carbocycles. The first kappa shape index (κ1) is 9.94. The van der Waals surface area contributed by atoms with E-state index in [4.69, 9.17) is 5.26 Å². The van der Waals surface area contributed by atoms with Crippen LogP contribution in [0.4, 0.5) is 5.69 Å². The number of pyridine rings is 1. The summed E-state index contributed by atoms with van der Waals surface area (Å²) in [7, 11) is 2.12. The molecule has 1 aromatic rings. The van der Waals surface area contributed by atoms with E-state index in [-0.39, 0.29) is 0 Å². The molecule has 0 radical (unpaired) electrons. The number of likely N-dealkylation sites (N-methyl/N-ethyl adjacent to an activating group) is 1. The predicted molar refractivity (Wildman–Crippen MR) is 58.5 cm³/mol. The van der Waals surface area contributed by atoms with Crippen molar-refractivity contribution in [1.82, 2.24) is 9.88 Å². The first-order chi connectivity index (χ1) is 7.28. The molecular formula is C11H14N4. The molecule has 1 aromatic heterocycles. The van der Waals surface area contributed by atoms with Crippen LogP contribution in [0.3, 0.4) is 0 Å². The molecule has 0 amide bonds. The minimum Gasteiger partial charge on any atom is -0.381 e. The largest absolute Gasteiger partial charge is 0.381 e. The van der Waals surface area contributed by atoms with Crippen LogP contribution in [-0.4, -0.2) is 36.1 Å². The van der Waals surface area contributed by atoms with Crippen molar-refractivity contribution in [3.63, 3.8) is 0 Å². The third-order valence-electron chi connectivity index (χ3n) is 2.64. The van der Waals surface area contributed by atoms with Crippen molar-refractivity contribution in [3.05, 3.63) is 24.0 Å². The van der Waals surface area contributed by atoms with Gasteiger partial charge in [-0.1, -0.05) is 0 Å². The minimum absolute atomic E-state index is 0.464. The smallest absolute Gasteiger partial charge is 0.142 e. The summed E-state index contributed by atoms with van der Waals surface area (Å²) in [5.41, 5.74) is 1.45. The summed E-state index contributed by atoms with van der Waals surface area (Å²) in [4.78, 5) is 6.23. The van der Waals surface area contributed by atoms with E-state index in [2.05, 4.69) is 22.2 Å². The molecule has 15 heavy (non-hydrogen) atoms. The Morgan fingerprint density at radius 1 is 1.67 bits per heavy atom. The molecule has 1 atom stereocenters. The Kier molecular flexibility index (Phi) is 2.84. The van der Waals surface area contributed by atoms with Crippen molar-refractivity contribution in [2.24, 2.45) is 0 Å². The fourth-order valence-corrected chi connectivity index (χ4v) is 1.87. The number of nitrogens with one attached hydrogen (secondary N) is 1. The molecular weight excluding hydrogens is 188 g/mol. The molecule has 1 aliphatic rings. The van der Waals surface area contributed by atoms with E-state index in [9.17, 15) is 0 Å². The lowest BCUT2D eigenvalue weighted by Gasteiger charge is -2.13. The summed E-state index contributed by atoms with van der Waals surface area (Å²) >= 11 is 0. The molecule has 0 spiro atoms. The number of hydrogen-bond acceptors (Lipinski definition) is 4. The number of hydrogen-bond donors (Lipinski definition) is 1. The van der Waals surface area contributed by atoms with Crippen LogP contribution in [0.5, 0.6) is 0 Å². The fraction of sp³-hybridized carbons (Fsp3) is 0.455. The Hall–Kier alpha value is -1.60. The van der Waals surface area contributed by atoms with Gasteiger partial charge in [-0.15, -0.1) is 0 Å². The molecule has 78 valence electrons. The average molecular weight is 202 g/mol. The minimum atomic E-state index is 0.464. The Morgan fingerprint density at radius 2 is 2.53 bits per heavy atom. The SMILES string of the molecule is CN1CCC(Nc2ccnc(C#N)c2)C1. The Labute approximate surface area is 89.5 Å². The number of nitriles is 1. The summed E-state index contributed by atoms with van der Waals surface area (Å²) in [6.07, 6.45) is 2.82. The predicted octanol–water partition coefficient (Wildman–Crippen LogP) is 1.07. The van der Waals surface area contributed by atoms with Gasteiger partial charge in [-0.05, 0) is 32.1 Å². The molecule has 4 nitrogen and oxygen atoms in total. The van der Waals surface area contributed by atoms with Crippen LogP contribution in [0, 0.1) is 11.3 Å². The van der Waals surface area contributed by atoms with E-state index in [0.29, 0.717) is 11.7 Å². The van der Waals surface area contributed by atoms with Crippen molar-refractivity contribution in [3.8, 4) is 6.07 Å². The number of nitrogens with zero attached hydrogens (tertiary/aromatic N) is 3. The summed E-state index contributed by atoms with van der Waals surface area (Å²) < 4.78 is 0. The highest BCUT2D eigenvalue weighted by molar-refractivity contribution is 5.46. The van der Waals surface area contributed by atoms with Crippen molar-refractivity contribution < 1.29 is 0 Å². The molecule has 2 rings (SSSR count). The van der Waals surface area contributed by atoms with Crippen LogP contribution in [0.15, 0.2) is 18.3 Å². The van der Waals surface area contributed by atoms with Gasteiger partial charge in [0.2, 0.25) is 0 Å². The summed E-state index contributed by atoms with van der Waals surface area (Å²) in [6, 6.07) is 6.22. The number of likely N-dealkylation sites (tertiary alicyclic amines) is 1. The standard InChI is InChI=1S/C11H14N4/c1-15-5-3-10(8-15)14-9-2-4-13-11(6-9)7-12/h2,4,6,10H,3,5,8H2,1H3,(H,13,14). The van der Waals surface area contributed by atoms with Crippen molar-refractivity contribution in [2.75, 3.05) is 25.5 Å². The lowest BCUT2D eigenvalue weighted by atomic mass is 10.2. The normalized spacial score (nSPS) is 21.2. The summed E-state index contributed by atoms with van der Waals surface area (Å²) in [6.45, 7) is 2.19. The number of aromatic nitrogens is 1. The van der Waals surface area contributed by atoms with Crippen LogP contribution in [0.25, 0.3) is 0 Å². The molecule has 1 unspecified atom stereocenters. The zero-order chi connectivity index (χ0) is 10.7. The lowest BCUT2D eigenvalue weighted by Crippen LogP contribution is -2.23. The van der Waals surface area contributed by atoms with E-state index in [1.807, 2.05) is 12.1 Å². The van der Waals surface area contributed by atoms with Crippen molar-refractivity contribution >= 4 is 5.69 Å². The molecule has 1 saturated heterocycles. The van der Waals surface area contributed by atoms with Gasteiger partial charge in [-0.25, -0.2) is 4.98 Å². The fourth-order valence-electron chi connectivity index (χ4n) is 1.87. The Balaban J connectivity index is 2.02. The Morgan fingerprint density at radius 3 is 3.20 bits per heavy atom. The molecule has 1 fully saturated rings. The molecule has 2 heterocycles. The molecule has 0 aliphatic carbocycles. The second-order valence-electron chi connectivity index (χ2n) is 3.93. The molecule has 4 heteroatoms. The van der Waals surface area contributed by atoms with Gasteiger partial charge in [-0.2, -0.15) is 5.26 Å². The highest BCUT2D eigenvalue weighted by atomic mass is 15.2. The third-order valence-corrected chi connectivity index (χ3v) is 2.64. The molecule has 0 saturated carbocycles. The van der Waals surface area contributed by atoms with Crippen LogP contribution in [0.1, 0.15) is 12.1 Å². The second-order valence-corrected chi connectivity index (χ2v) is 3.93. The van der Waals surface area contributed by atoms with Crippen LogP contribution in [-0.2, 0) is 0 Å². The van der Waals surface area contributed by atoms with E-state index in [0.717, 1.165) is 25.2 Å².